The number of nitrogens with one attached hydrogen (secondary N) is 2. The van der Waals surface area contributed by atoms with Crippen molar-refractivity contribution in [2.45, 2.75) is 26.2 Å². The minimum Gasteiger partial charge on any atom is -0.356 e. The Morgan fingerprint density at radius 1 is 1.52 bits per heavy atom. The maximum absolute atomic E-state index is 11.9. The van der Waals surface area contributed by atoms with Crippen LogP contribution in [-0.2, 0) is 17.6 Å². The van der Waals surface area contributed by atoms with E-state index in [1.807, 2.05) is 35.3 Å². The lowest BCUT2D eigenvalue weighted by Gasteiger charge is -2.03. The fraction of sp³-hybridized carbons (Fsp3) is 0.357. The van der Waals surface area contributed by atoms with Gasteiger partial charge in [0.1, 0.15) is 0 Å². The highest BCUT2D eigenvalue weighted by molar-refractivity contribution is 7.15. The zero-order valence-electron chi connectivity index (χ0n) is 11.8. The van der Waals surface area contributed by atoms with Crippen LogP contribution in [0.2, 0.25) is 0 Å². The van der Waals surface area contributed by atoms with Gasteiger partial charge in [-0.1, -0.05) is 0 Å². The predicted molar refractivity (Wildman–Crippen MR) is 81.4 cm³/mol. The number of aromatic nitrogens is 4. The van der Waals surface area contributed by atoms with E-state index in [1.165, 1.54) is 5.56 Å². The summed E-state index contributed by atoms with van der Waals surface area (Å²) in [6, 6.07) is 0. The molecule has 0 aliphatic rings. The molecule has 3 heterocycles. The molecular weight excluding hydrogens is 286 g/mol. The zero-order valence-corrected chi connectivity index (χ0v) is 12.6. The van der Waals surface area contributed by atoms with E-state index < -0.39 is 0 Å². The van der Waals surface area contributed by atoms with E-state index in [9.17, 15) is 4.79 Å². The Hall–Kier alpha value is -2.15. The smallest absolute Gasteiger partial charge is 0.226 e. The second-order valence-corrected chi connectivity index (χ2v) is 5.85. The van der Waals surface area contributed by atoms with Crippen molar-refractivity contribution in [2.75, 3.05) is 6.54 Å². The molecule has 2 N–H and O–H groups in total. The second kappa shape index (κ2) is 6.09. The topological polar surface area (TPSA) is 75.1 Å². The van der Waals surface area contributed by atoms with Crippen LogP contribution in [0.3, 0.4) is 0 Å². The maximum Gasteiger partial charge on any atom is 0.226 e. The van der Waals surface area contributed by atoms with Crippen LogP contribution in [0.15, 0.2) is 24.0 Å². The van der Waals surface area contributed by atoms with E-state index in [2.05, 4.69) is 20.5 Å². The molecule has 21 heavy (non-hydrogen) atoms. The first kappa shape index (κ1) is 13.8. The molecule has 0 aliphatic heterocycles. The van der Waals surface area contributed by atoms with Crippen LogP contribution in [0.25, 0.3) is 4.96 Å². The minimum atomic E-state index is 0.0182. The van der Waals surface area contributed by atoms with Gasteiger partial charge in [0, 0.05) is 30.0 Å². The summed E-state index contributed by atoms with van der Waals surface area (Å²) in [6.45, 7) is 2.68. The molecule has 0 radical (unpaired) electrons. The number of carbonyl (C=O) groups excluding carboxylic acids is 1. The summed E-state index contributed by atoms with van der Waals surface area (Å²) in [5.41, 5.74) is 3.11. The minimum absolute atomic E-state index is 0.0182. The van der Waals surface area contributed by atoms with Crippen molar-refractivity contribution < 1.29 is 4.79 Å². The fourth-order valence-electron chi connectivity index (χ4n) is 2.22. The van der Waals surface area contributed by atoms with E-state index in [-0.39, 0.29) is 5.91 Å². The molecule has 3 aromatic rings. The van der Waals surface area contributed by atoms with Gasteiger partial charge in [0.15, 0.2) is 4.96 Å². The lowest BCUT2D eigenvalue weighted by atomic mass is 10.1. The van der Waals surface area contributed by atoms with Crippen molar-refractivity contribution in [3.8, 4) is 0 Å². The summed E-state index contributed by atoms with van der Waals surface area (Å²) in [4.78, 5) is 17.2. The molecule has 0 aliphatic carbocycles. The van der Waals surface area contributed by atoms with Crippen molar-refractivity contribution >= 4 is 22.2 Å². The molecule has 0 saturated carbocycles. The molecule has 3 aromatic heterocycles. The Kier molecular flexibility index (Phi) is 4.01. The molecule has 110 valence electrons. The second-order valence-electron chi connectivity index (χ2n) is 4.98. The van der Waals surface area contributed by atoms with E-state index in [0.717, 1.165) is 29.2 Å². The normalized spacial score (nSPS) is 11.1. The summed E-state index contributed by atoms with van der Waals surface area (Å²) >= 11 is 1.57. The first-order valence-corrected chi connectivity index (χ1v) is 7.77. The molecule has 3 rings (SSSR count). The summed E-state index contributed by atoms with van der Waals surface area (Å²) in [5.74, 6) is 0.0182. The SMILES string of the molecule is Cc1[nH]ncc1CCCNC(=O)Cc1cn2ccsc2n1. The lowest BCUT2D eigenvalue weighted by molar-refractivity contribution is -0.120. The van der Waals surface area contributed by atoms with Gasteiger partial charge in [-0.2, -0.15) is 5.10 Å². The standard InChI is InChI=1S/C14H17N5OS/c1-10-11(8-16-18-10)3-2-4-15-13(20)7-12-9-19-5-6-21-14(19)17-12/h5-6,8-9H,2-4,7H2,1H3,(H,15,20)(H,16,18). The van der Waals surface area contributed by atoms with Crippen LogP contribution in [0.4, 0.5) is 0 Å². The van der Waals surface area contributed by atoms with Gasteiger partial charge in [0.2, 0.25) is 5.91 Å². The molecule has 0 unspecified atom stereocenters. The van der Waals surface area contributed by atoms with Gasteiger partial charge in [0.05, 0.1) is 18.3 Å². The number of hydrogen-bond donors (Lipinski definition) is 2. The van der Waals surface area contributed by atoms with Gasteiger partial charge in [0.25, 0.3) is 0 Å². The third-order valence-electron chi connectivity index (χ3n) is 3.36. The zero-order chi connectivity index (χ0) is 14.7. The molecule has 0 fully saturated rings. The molecule has 0 spiro atoms. The highest BCUT2D eigenvalue weighted by atomic mass is 32.1. The number of nitrogens with zero attached hydrogens (tertiary/aromatic N) is 3. The summed E-state index contributed by atoms with van der Waals surface area (Å²) < 4.78 is 1.94. The number of rotatable bonds is 6. The molecular formula is C14H17N5OS. The first-order chi connectivity index (χ1) is 10.2. The van der Waals surface area contributed by atoms with Gasteiger partial charge in [-0.05, 0) is 25.3 Å². The van der Waals surface area contributed by atoms with Crippen LogP contribution in [-0.4, -0.2) is 32.0 Å². The van der Waals surface area contributed by atoms with Gasteiger partial charge in [-0.3, -0.25) is 14.3 Å². The Morgan fingerprint density at radius 3 is 3.19 bits per heavy atom. The van der Waals surface area contributed by atoms with E-state index >= 15 is 0 Å². The Labute approximate surface area is 126 Å². The fourth-order valence-corrected chi connectivity index (χ4v) is 2.94. The number of carbonyl (C=O) groups is 1. The van der Waals surface area contributed by atoms with Crippen LogP contribution >= 0.6 is 11.3 Å². The molecule has 0 atom stereocenters. The Balaban J connectivity index is 1.42. The lowest BCUT2D eigenvalue weighted by Crippen LogP contribution is -2.26. The van der Waals surface area contributed by atoms with Crippen LogP contribution in [0.5, 0.6) is 0 Å². The number of H-pyrrole nitrogens is 1. The van der Waals surface area contributed by atoms with Crippen molar-refractivity contribution in [2.24, 2.45) is 0 Å². The molecule has 6 nitrogen and oxygen atoms in total. The van der Waals surface area contributed by atoms with Crippen LogP contribution < -0.4 is 5.32 Å². The highest BCUT2D eigenvalue weighted by Gasteiger charge is 2.08. The third-order valence-corrected chi connectivity index (χ3v) is 4.13. The first-order valence-electron chi connectivity index (χ1n) is 6.89. The van der Waals surface area contributed by atoms with Gasteiger partial charge in [-0.15, -0.1) is 11.3 Å². The van der Waals surface area contributed by atoms with Gasteiger partial charge >= 0.3 is 0 Å². The number of fused-ring (bicyclic) bond motifs is 1. The van der Waals surface area contributed by atoms with Gasteiger partial charge in [-0.25, -0.2) is 4.98 Å². The molecule has 0 saturated heterocycles. The van der Waals surface area contributed by atoms with Crippen molar-refractivity contribution in [1.82, 2.24) is 24.9 Å². The third kappa shape index (κ3) is 3.30. The van der Waals surface area contributed by atoms with E-state index in [1.54, 1.807) is 11.3 Å². The van der Waals surface area contributed by atoms with Crippen LogP contribution in [0.1, 0.15) is 23.4 Å². The van der Waals surface area contributed by atoms with Crippen molar-refractivity contribution in [3.63, 3.8) is 0 Å². The quantitative estimate of drug-likeness (QED) is 0.681. The number of hydrogen-bond acceptors (Lipinski definition) is 4. The van der Waals surface area contributed by atoms with E-state index in [0.29, 0.717) is 13.0 Å². The van der Waals surface area contributed by atoms with Gasteiger partial charge < -0.3 is 5.32 Å². The number of aryl methyl sites for hydroxylation is 2. The summed E-state index contributed by atoms with van der Waals surface area (Å²) in [7, 11) is 0. The van der Waals surface area contributed by atoms with Crippen LogP contribution in [0, 0.1) is 6.92 Å². The van der Waals surface area contributed by atoms with E-state index in [4.69, 9.17) is 0 Å². The average Bonchev–Trinajstić information content (AvgIpc) is 3.11. The Morgan fingerprint density at radius 2 is 2.43 bits per heavy atom. The molecule has 7 heteroatoms. The average molecular weight is 303 g/mol. The summed E-state index contributed by atoms with van der Waals surface area (Å²) in [5, 5.41) is 11.8. The monoisotopic (exact) mass is 303 g/mol. The van der Waals surface area contributed by atoms with Crippen molar-refractivity contribution in [3.05, 3.63) is 40.9 Å². The Bertz CT molecular complexity index is 713. The number of aromatic amines is 1. The number of imidazole rings is 1. The molecule has 0 aromatic carbocycles. The highest BCUT2D eigenvalue weighted by Crippen LogP contribution is 2.11. The number of thiazole rings is 1. The predicted octanol–water partition coefficient (Wildman–Crippen LogP) is 1.72. The van der Waals surface area contributed by atoms with Crippen molar-refractivity contribution in [1.29, 1.82) is 0 Å². The molecule has 1 amide bonds. The largest absolute Gasteiger partial charge is 0.356 e. The number of amides is 1. The summed E-state index contributed by atoms with van der Waals surface area (Å²) in [6.07, 6.45) is 7.85. The maximum atomic E-state index is 11.9. The molecule has 0 bridgehead atoms.